The van der Waals surface area contributed by atoms with Crippen molar-refractivity contribution in [1.29, 1.82) is 0 Å². The van der Waals surface area contributed by atoms with E-state index in [4.69, 9.17) is 5.11 Å². The van der Waals surface area contributed by atoms with Gasteiger partial charge in [-0.3, -0.25) is 0 Å². The molecule has 0 radical (unpaired) electrons. The average Bonchev–Trinajstić information content (AvgIpc) is 2.30. The topological polar surface area (TPSA) is 73.1 Å². The van der Waals surface area contributed by atoms with Gasteiger partial charge in [-0.15, -0.1) is 0 Å². The molecule has 0 spiro atoms. The Hall–Kier alpha value is -1.07. The summed E-state index contributed by atoms with van der Waals surface area (Å²) in [5.41, 5.74) is 2.25. The number of aliphatic hydroxyl groups excluding tert-OH is 1. The van der Waals surface area contributed by atoms with Crippen LogP contribution in [0.1, 0.15) is 5.69 Å². The zero-order valence-electron chi connectivity index (χ0n) is 5.53. The Morgan fingerprint density at radius 2 is 2.60 bits per heavy atom. The van der Waals surface area contributed by atoms with Gasteiger partial charge < -0.3 is 20.4 Å². The minimum absolute atomic E-state index is 0.106. The van der Waals surface area contributed by atoms with Crippen LogP contribution in [-0.2, 0) is 13.7 Å². The largest absolute Gasteiger partial charge is 0.759 e. The Balaban J connectivity index is 2.97. The third-order valence-electron chi connectivity index (χ3n) is 1.34. The van der Waals surface area contributed by atoms with Crippen LogP contribution >= 0.6 is 0 Å². The lowest BCUT2D eigenvalue weighted by Gasteiger charge is -2.08. The van der Waals surface area contributed by atoms with Gasteiger partial charge in [0.15, 0.2) is 5.95 Å². The van der Waals surface area contributed by atoms with Gasteiger partial charge in [0.2, 0.25) is 0 Å². The summed E-state index contributed by atoms with van der Waals surface area (Å²) in [4.78, 5) is 3.68. The normalized spacial score (nSPS) is 9.90. The van der Waals surface area contributed by atoms with Gasteiger partial charge in [-0.2, -0.15) is 0 Å². The maximum Gasteiger partial charge on any atom is 0.191 e. The maximum absolute atomic E-state index is 10.1. The molecule has 0 aliphatic heterocycles. The summed E-state index contributed by atoms with van der Waals surface area (Å²) in [6, 6.07) is 0. The predicted molar refractivity (Wildman–Crippen MR) is 36.1 cm³/mol. The molecule has 2 N–H and O–H groups in total. The molecule has 0 bridgehead atoms. The molecule has 5 nitrogen and oxygen atoms in total. The second-order valence-corrected chi connectivity index (χ2v) is 1.89. The molecular weight excluding hydrogens is 134 g/mol. The van der Waals surface area contributed by atoms with Crippen LogP contribution < -0.4 is 5.48 Å². The molecule has 0 saturated carbocycles. The van der Waals surface area contributed by atoms with E-state index >= 15 is 0 Å². The standard InChI is InChI=1S/C5H8N3O2/c1-8-4(3-9)2-6-5(8)7-10/h2,9H,3H2,1H3,(H-,6,7,10)/q-1. The summed E-state index contributed by atoms with van der Waals surface area (Å²) in [5.74, 6) is 0.212. The highest BCUT2D eigenvalue weighted by molar-refractivity contribution is 5.29. The average molecular weight is 142 g/mol. The van der Waals surface area contributed by atoms with Gasteiger partial charge in [-0.1, -0.05) is 0 Å². The first-order valence-electron chi connectivity index (χ1n) is 2.79. The Morgan fingerprint density at radius 1 is 1.90 bits per heavy atom. The smallest absolute Gasteiger partial charge is 0.191 e. The van der Waals surface area contributed by atoms with Crippen molar-refractivity contribution in [3.8, 4) is 0 Å². The second-order valence-electron chi connectivity index (χ2n) is 1.89. The fraction of sp³-hybridized carbons (Fsp3) is 0.400. The lowest BCUT2D eigenvalue weighted by atomic mass is 10.5. The predicted octanol–water partition coefficient (Wildman–Crippen LogP) is -0.178. The molecule has 0 aliphatic carbocycles. The van der Waals surface area contributed by atoms with Gasteiger partial charge in [0.25, 0.3) is 0 Å². The van der Waals surface area contributed by atoms with E-state index in [1.54, 1.807) is 12.5 Å². The van der Waals surface area contributed by atoms with Gasteiger partial charge in [0.1, 0.15) is 0 Å². The molecule has 1 heterocycles. The zero-order chi connectivity index (χ0) is 7.56. The van der Waals surface area contributed by atoms with Crippen molar-refractivity contribution in [1.82, 2.24) is 9.55 Å². The molecule has 0 aliphatic rings. The number of hydrogen-bond acceptors (Lipinski definition) is 4. The minimum atomic E-state index is -0.106. The molecular formula is C5H8N3O2-. The lowest BCUT2D eigenvalue weighted by Crippen LogP contribution is -2.00. The number of imidazole rings is 1. The Kier molecular flexibility index (Phi) is 1.88. The van der Waals surface area contributed by atoms with Crippen LogP contribution in [0, 0.1) is 5.21 Å². The van der Waals surface area contributed by atoms with E-state index in [-0.39, 0.29) is 12.6 Å². The number of anilines is 1. The van der Waals surface area contributed by atoms with Crippen LogP contribution in [-0.4, -0.2) is 14.7 Å². The molecule has 1 rings (SSSR count). The quantitative estimate of drug-likeness (QED) is 0.562. The molecule has 56 valence electrons. The van der Waals surface area contributed by atoms with Crippen LogP contribution in [0.4, 0.5) is 5.95 Å². The lowest BCUT2D eigenvalue weighted by molar-refractivity contribution is 0.273. The first-order valence-corrected chi connectivity index (χ1v) is 2.79. The molecule has 0 unspecified atom stereocenters. The van der Waals surface area contributed by atoms with E-state index in [1.165, 1.54) is 10.8 Å². The Bertz CT molecular complexity index is 199. The fourth-order valence-corrected chi connectivity index (χ4v) is 0.687. The monoisotopic (exact) mass is 142 g/mol. The van der Waals surface area contributed by atoms with Crippen molar-refractivity contribution in [2.75, 3.05) is 5.48 Å². The molecule has 0 amide bonds. The number of rotatable bonds is 2. The molecule has 1 aromatic rings. The van der Waals surface area contributed by atoms with E-state index in [9.17, 15) is 5.21 Å². The zero-order valence-corrected chi connectivity index (χ0v) is 5.53. The third kappa shape index (κ3) is 0.960. The number of nitrogens with one attached hydrogen (secondary N) is 1. The van der Waals surface area contributed by atoms with E-state index in [0.717, 1.165) is 0 Å². The molecule has 0 fully saturated rings. The third-order valence-corrected chi connectivity index (χ3v) is 1.34. The highest BCUT2D eigenvalue weighted by Gasteiger charge is 1.99. The van der Waals surface area contributed by atoms with Gasteiger partial charge in [0.05, 0.1) is 18.5 Å². The molecule has 0 aromatic carbocycles. The van der Waals surface area contributed by atoms with Crippen molar-refractivity contribution in [2.24, 2.45) is 7.05 Å². The fourth-order valence-electron chi connectivity index (χ4n) is 0.687. The van der Waals surface area contributed by atoms with Gasteiger partial charge in [0, 0.05) is 7.05 Å². The number of nitrogens with zero attached hydrogens (tertiary/aromatic N) is 2. The second kappa shape index (κ2) is 2.68. The molecule has 10 heavy (non-hydrogen) atoms. The van der Waals surface area contributed by atoms with Crippen LogP contribution in [0.15, 0.2) is 6.20 Å². The summed E-state index contributed by atoms with van der Waals surface area (Å²) in [6.07, 6.45) is 1.44. The summed E-state index contributed by atoms with van der Waals surface area (Å²) >= 11 is 0. The number of hydrogen-bond donors (Lipinski definition) is 2. The van der Waals surface area contributed by atoms with Gasteiger partial charge in [-0.25, -0.2) is 4.98 Å². The van der Waals surface area contributed by atoms with Crippen molar-refractivity contribution < 1.29 is 5.11 Å². The summed E-state index contributed by atoms with van der Waals surface area (Å²) in [5, 5.41) is 18.7. The Labute approximate surface area is 57.9 Å². The van der Waals surface area contributed by atoms with E-state index in [2.05, 4.69) is 4.98 Å². The van der Waals surface area contributed by atoms with Crippen LogP contribution in [0.25, 0.3) is 0 Å². The number of aromatic nitrogens is 2. The van der Waals surface area contributed by atoms with Crippen molar-refractivity contribution in [2.45, 2.75) is 6.61 Å². The maximum atomic E-state index is 10.1. The highest BCUT2D eigenvalue weighted by atomic mass is 16.5. The highest BCUT2D eigenvalue weighted by Crippen LogP contribution is 2.06. The summed E-state index contributed by atoms with van der Waals surface area (Å²) in [6.45, 7) is -0.106. The Morgan fingerprint density at radius 3 is 2.90 bits per heavy atom. The molecule has 1 aromatic heterocycles. The summed E-state index contributed by atoms with van der Waals surface area (Å²) in [7, 11) is 1.65. The van der Waals surface area contributed by atoms with Crippen LogP contribution in [0.3, 0.4) is 0 Å². The first kappa shape index (κ1) is 7.04. The minimum Gasteiger partial charge on any atom is -0.759 e. The van der Waals surface area contributed by atoms with Crippen molar-refractivity contribution >= 4 is 5.95 Å². The number of aliphatic hydroxyl groups is 1. The van der Waals surface area contributed by atoms with Crippen LogP contribution in [0.2, 0.25) is 0 Å². The van der Waals surface area contributed by atoms with Crippen molar-refractivity contribution in [3.63, 3.8) is 0 Å². The van der Waals surface area contributed by atoms with Crippen LogP contribution in [0.5, 0.6) is 0 Å². The van der Waals surface area contributed by atoms with Gasteiger partial charge >= 0.3 is 0 Å². The van der Waals surface area contributed by atoms with E-state index < -0.39 is 0 Å². The van der Waals surface area contributed by atoms with E-state index in [1.807, 2.05) is 0 Å². The molecule has 5 heteroatoms. The molecule has 0 saturated heterocycles. The van der Waals surface area contributed by atoms with Crippen molar-refractivity contribution in [3.05, 3.63) is 17.1 Å². The summed E-state index contributed by atoms with van der Waals surface area (Å²) < 4.78 is 1.49. The first-order chi connectivity index (χ1) is 4.79. The van der Waals surface area contributed by atoms with Gasteiger partial charge in [-0.05, 0) is 0 Å². The SMILES string of the molecule is Cn1c(CO)cnc1N[O-]. The molecule has 0 atom stereocenters. The van der Waals surface area contributed by atoms with E-state index in [0.29, 0.717) is 5.69 Å².